The summed E-state index contributed by atoms with van der Waals surface area (Å²) in [6.07, 6.45) is 3.49. The summed E-state index contributed by atoms with van der Waals surface area (Å²) >= 11 is 1.79. The van der Waals surface area contributed by atoms with Crippen molar-refractivity contribution in [1.29, 1.82) is 0 Å². The van der Waals surface area contributed by atoms with Gasteiger partial charge in [-0.05, 0) is 31.2 Å². The zero-order chi connectivity index (χ0) is 15.0. The molecule has 7 heteroatoms. The Labute approximate surface area is 153 Å². The van der Waals surface area contributed by atoms with Crippen LogP contribution in [0.5, 0.6) is 0 Å². The molecule has 0 amide bonds. The van der Waals surface area contributed by atoms with Crippen LogP contribution in [0.3, 0.4) is 0 Å². The third-order valence-electron chi connectivity index (χ3n) is 3.36. The molecule has 2 heterocycles. The van der Waals surface area contributed by atoms with Gasteiger partial charge < -0.3 is 15.7 Å². The van der Waals surface area contributed by atoms with Gasteiger partial charge in [0.2, 0.25) is 0 Å². The molecule has 0 bridgehead atoms. The van der Waals surface area contributed by atoms with E-state index in [4.69, 9.17) is 0 Å². The summed E-state index contributed by atoms with van der Waals surface area (Å²) in [6, 6.07) is 5.93. The molecule has 5 nitrogen and oxygen atoms in total. The van der Waals surface area contributed by atoms with Crippen LogP contribution in [-0.4, -0.2) is 52.8 Å². The number of nitrogens with one attached hydrogen (secondary N) is 2. The predicted octanol–water partition coefficient (Wildman–Crippen LogP) is 1.67. The van der Waals surface area contributed by atoms with Crippen molar-refractivity contribution in [2.45, 2.75) is 25.4 Å². The van der Waals surface area contributed by atoms with Gasteiger partial charge in [-0.1, -0.05) is 6.07 Å². The van der Waals surface area contributed by atoms with Crippen molar-refractivity contribution < 1.29 is 5.11 Å². The van der Waals surface area contributed by atoms with Crippen molar-refractivity contribution in [2.75, 3.05) is 31.1 Å². The first-order valence-corrected chi connectivity index (χ1v) is 8.59. The molecule has 1 aliphatic heterocycles. The number of guanidine groups is 1. The Hall–Kier alpha value is -0.540. The molecule has 0 spiro atoms. The first kappa shape index (κ1) is 19.5. The maximum absolute atomic E-state index is 10.3. The highest BCUT2D eigenvalue weighted by Crippen LogP contribution is 2.27. The van der Waals surface area contributed by atoms with Crippen molar-refractivity contribution in [1.82, 2.24) is 15.6 Å². The number of thioether (sulfide) groups is 1. The molecule has 2 rings (SSSR count). The minimum absolute atomic E-state index is 0. The molecule has 22 heavy (non-hydrogen) atoms. The number of nitrogens with zero attached hydrogens (tertiary/aromatic N) is 2. The zero-order valence-electron chi connectivity index (χ0n) is 12.9. The normalized spacial score (nSPS) is 21.3. The van der Waals surface area contributed by atoms with E-state index >= 15 is 0 Å². The summed E-state index contributed by atoms with van der Waals surface area (Å²) in [4.78, 5) is 8.81. The maximum Gasteiger partial charge on any atom is 0.191 e. The number of aliphatic hydroxyl groups is 1. The predicted molar refractivity (Wildman–Crippen MR) is 104 cm³/mol. The van der Waals surface area contributed by atoms with Gasteiger partial charge in [0, 0.05) is 37.2 Å². The van der Waals surface area contributed by atoms with Crippen molar-refractivity contribution in [3.05, 3.63) is 30.1 Å². The highest BCUT2D eigenvalue weighted by molar-refractivity contribution is 14.0. The molecule has 1 fully saturated rings. The van der Waals surface area contributed by atoms with Crippen molar-refractivity contribution >= 4 is 41.7 Å². The Morgan fingerprint density at radius 3 is 2.95 bits per heavy atom. The molecule has 1 atom stereocenters. The van der Waals surface area contributed by atoms with Gasteiger partial charge >= 0.3 is 0 Å². The zero-order valence-corrected chi connectivity index (χ0v) is 16.1. The van der Waals surface area contributed by atoms with Crippen LogP contribution < -0.4 is 10.6 Å². The number of pyridine rings is 1. The Morgan fingerprint density at radius 2 is 2.32 bits per heavy atom. The fourth-order valence-electron chi connectivity index (χ4n) is 2.14. The molecule has 1 aromatic heterocycles. The summed E-state index contributed by atoms with van der Waals surface area (Å²) in [5, 5.41) is 16.8. The Morgan fingerprint density at radius 1 is 1.45 bits per heavy atom. The largest absolute Gasteiger partial charge is 0.387 e. The number of halogens is 1. The minimum atomic E-state index is -0.631. The van der Waals surface area contributed by atoms with Crippen LogP contribution in [-0.2, 0) is 6.42 Å². The van der Waals surface area contributed by atoms with Gasteiger partial charge in [-0.15, -0.1) is 24.0 Å². The summed E-state index contributed by atoms with van der Waals surface area (Å²) in [5.41, 5.74) is 0.431. The van der Waals surface area contributed by atoms with Gasteiger partial charge in [-0.2, -0.15) is 11.8 Å². The van der Waals surface area contributed by atoms with Crippen molar-refractivity contribution in [3.8, 4) is 0 Å². The quantitative estimate of drug-likeness (QED) is 0.360. The lowest BCUT2D eigenvalue weighted by molar-refractivity contribution is 0.0778. The van der Waals surface area contributed by atoms with E-state index in [9.17, 15) is 5.11 Å². The molecule has 0 radical (unpaired) electrons. The van der Waals surface area contributed by atoms with E-state index in [-0.39, 0.29) is 24.0 Å². The second-order valence-corrected chi connectivity index (χ2v) is 6.33. The SMILES string of the molecule is CCNC(=NCC1(O)CCSC1)NCCc1ccccn1.I. The molecule has 0 aliphatic carbocycles. The second kappa shape index (κ2) is 10.3. The van der Waals surface area contributed by atoms with Crippen LogP contribution in [0, 0.1) is 0 Å². The van der Waals surface area contributed by atoms with Gasteiger partial charge in [0.15, 0.2) is 5.96 Å². The Kier molecular flexibility index (Phi) is 9.11. The lowest BCUT2D eigenvalue weighted by Gasteiger charge is -2.19. The van der Waals surface area contributed by atoms with Crippen LogP contribution >= 0.6 is 35.7 Å². The Bertz CT molecular complexity index is 452. The van der Waals surface area contributed by atoms with E-state index in [1.165, 1.54) is 0 Å². The average Bonchev–Trinajstić information content (AvgIpc) is 2.93. The summed E-state index contributed by atoms with van der Waals surface area (Å²) in [7, 11) is 0. The van der Waals surface area contributed by atoms with Crippen molar-refractivity contribution in [3.63, 3.8) is 0 Å². The third kappa shape index (κ3) is 6.70. The molecule has 1 unspecified atom stereocenters. The number of rotatable bonds is 6. The number of hydrogen-bond donors (Lipinski definition) is 3. The van der Waals surface area contributed by atoms with Crippen molar-refractivity contribution in [2.24, 2.45) is 4.99 Å². The van der Waals surface area contributed by atoms with E-state index in [2.05, 4.69) is 20.6 Å². The lowest BCUT2D eigenvalue weighted by Crippen LogP contribution is -2.40. The molecular formula is C15H25IN4OS. The standard InChI is InChI=1S/C15H24N4OS.HI/c1-2-16-14(19-11-15(20)7-10-21-12-15)18-9-6-13-5-3-4-8-17-13;/h3-5,8,20H,2,6-7,9-12H2,1H3,(H2,16,18,19);1H. The molecular weight excluding hydrogens is 411 g/mol. The molecule has 124 valence electrons. The summed E-state index contributed by atoms with van der Waals surface area (Å²) in [6.45, 7) is 4.08. The molecule has 0 aromatic carbocycles. The van der Waals surface area contributed by atoms with Gasteiger partial charge in [-0.3, -0.25) is 9.98 Å². The van der Waals surface area contributed by atoms with Gasteiger partial charge in [-0.25, -0.2) is 0 Å². The highest BCUT2D eigenvalue weighted by Gasteiger charge is 2.31. The molecule has 1 aliphatic rings. The van der Waals surface area contributed by atoms with E-state index in [0.29, 0.717) is 6.54 Å². The number of aliphatic imine (C=N–C) groups is 1. The average molecular weight is 436 g/mol. The topological polar surface area (TPSA) is 69.5 Å². The Balaban J connectivity index is 0.00000242. The first-order chi connectivity index (χ1) is 10.2. The highest BCUT2D eigenvalue weighted by atomic mass is 127. The monoisotopic (exact) mass is 436 g/mol. The fourth-order valence-corrected chi connectivity index (χ4v) is 3.43. The molecule has 1 aromatic rings. The van der Waals surface area contributed by atoms with Crippen LogP contribution in [0.4, 0.5) is 0 Å². The van der Waals surface area contributed by atoms with Gasteiger partial charge in [0.05, 0.1) is 12.1 Å². The summed E-state index contributed by atoms with van der Waals surface area (Å²) < 4.78 is 0. The van der Waals surface area contributed by atoms with Crippen LogP contribution in [0.15, 0.2) is 29.4 Å². The third-order valence-corrected chi connectivity index (χ3v) is 4.59. The summed E-state index contributed by atoms with van der Waals surface area (Å²) in [5.74, 6) is 2.57. The molecule has 0 saturated carbocycles. The smallest absolute Gasteiger partial charge is 0.191 e. The van der Waals surface area contributed by atoms with Gasteiger partial charge in [0.25, 0.3) is 0 Å². The van der Waals surface area contributed by atoms with Crippen LogP contribution in [0.25, 0.3) is 0 Å². The fraction of sp³-hybridized carbons (Fsp3) is 0.600. The second-order valence-electron chi connectivity index (χ2n) is 5.22. The lowest BCUT2D eigenvalue weighted by atomic mass is 10.1. The molecule has 1 saturated heterocycles. The van der Waals surface area contributed by atoms with Crippen LogP contribution in [0.2, 0.25) is 0 Å². The molecule has 3 N–H and O–H groups in total. The number of hydrogen-bond acceptors (Lipinski definition) is 4. The first-order valence-electron chi connectivity index (χ1n) is 7.44. The van der Waals surface area contributed by atoms with Gasteiger partial charge in [0.1, 0.15) is 0 Å². The van der Waals surface area contributed by atoms with E-state index in [1.54, 1.807) is 11.8 Å². The number of aromatic nitrogens is 1. The maximum atomic E-state index is 10.3. The van der Waals surface area contributed by atoms with E-state index in [0.717, 1.165) is 49.1 Å². The van der Waals surface area contributed by atoms with E-state index < -0.39 is 5.60 Å². The minimum Gasteiger partial charge on any atom is -0.387 e. The van der Waals surface area contributed by atoms with E-state index in [1.807, 2.05) is 31.3 Å². The van der Waals surface area contributed by atoms with Crippen LogP contribution in [0.1, 0.15) is 19.0 Å².